The molecule has 0 aromatic heterocycles. The van der Waals surface area contributed by atoms with Gasteiger partial charge in [0.1, 0.15) is 17.7 Å². The maximum absolute atomic E-state index is 13.8. The molecule has 1 fully saturated rings. The molecule has 2 aliphatic rings. The molecule has 1 N–H and O–H groups in total. The van der Waals surface area contributed by atoms with Crippen LogP contribution < -0.4 is 14.8 Å². The second-order valence-electron chi connectivity index (χ2n) is 6.38. The highest BCUT2D eigenvalue weighted by Gasteiger charge is 2.36. The Morgan fingerprint density at radius 3 is 2.81 bits per heavy atom. The van der Waals surface area contributed by atoms with Crippen molar-refractivity contribution >= 4 is 17.5 Å². The molecule has 4 rings (SSSR count). The molecule has 2 aromatic rings. The molecule has 6 nitrogen and oxygen atoms in total. The van der Waals surface area contributed by atoms with E-state index in [-0.39, 0.29) is 31.4 Å². The second-order valence-corrected chi connectivity index (χ2v) is 6.38. The highest BCUT2D eigenvalue weighted by Crippen LogP contribution is 2.33. The fraction of sp³-hybridized carbons (Fsp3) is 0.263. The number of carbonyl (C=O) groups excluding carboxylic acids is 2. The van der Waals surface area contributed by atoms with Crippen molar-refractivity contribution in [2.24, 2.45) is 0 Å². The number of likely N-dealkylation sites (tertiary alicyclic amines) is 1. The maximum Gasteiger partial charge on any atom is 0.247 e. The molecule has 0 bridgehead atoms. The molecule has 2 amide bonds. The van der Waals surface area contributed by atoms with Gasteiger partial charge in [0.25, 0.3) is 0 Å². The van der Waals surface area contributed by atoms with Crippen molar-refractivity contribution in [3.63, 3.8) is 0 Å². The van der Waals surface area contributed by atoms with Gasteiger partial charge >= 0.3 is 0 Å². The lowest BCUT2D eigenvalue weighted by molar-refractivity contribution is -0.133. The number of benzene rings is 2. The van der Waals surface area contributed by atoms with Crippen LogP contribution in [0.4, 0.5) is 14.5 Å². The van der Waals surface area contributed by atoms with Gasteiger partial charge in [-0.1, -0.05) is 6.07 Å². The zero-order valence-electron chi connectivity index (χ0n) is 14.2. The molecule has 8 heteroatoms. The van der Waals surface area contributed by atoms with Gasteiger partial charge in [-0.15, -0.1) is 0 Å². The van der Waals surface area contributed by atoms with Gasteiger partial charge in [0.15, 0.2) is 11.5 Å². The molecule has 0 radical (unpaired) electrons. The standard InChI is InChI=1S/C19H16F2N2O4/c20-12-2-3-13(21)14(8-12)22-19(25)15-4-6-18(24)23(15)9-11-1-5-16-17(7-11)27-10-26-16/h1-3,5,7-8,15H,4,6,9-10H2,(H,22,25). The number of hydrogen-bond acceptors (Lipinski definition) is 4. The van der Waals surface area contributed by atoms with E-state index < -0.39 is 23.6 Å². The molecule has 1 unspecified atom stereocenters. The van der Waals surface area contributed by atoms with Gasteiger partial charge < -0.3 is 19.7 Å². The highest BCUT2D eigenvalue weighted by molar-refractivity contribution is 5.99. The second kappa shape index (κ2) is 6.86. The summed E-state index contributed by atoms with van der Waals surface area (Å²) < 4.78 is 37.7. The zero-order valence-corrected chi connectivity index (χ0v) is 14.2. The Labute approximate surface area is 153 Å². The molecular formula is C19H16F2N2O4. The number of rotatable bonds is 4. The Balaban J connectivity index is 1.50. The van der Waals surface area contributed by atoms with E-state index in [9.17, 15) is 18.4 Å². The summed E-state index contributed by atoms with van der Waals surface area (Å²) in [7, 11) is 0. The first-order valence-corrected chi connectivity index (χ1v) is 8.45. The third-order valence-corrected chi connectivity index (χ3v) is 4.61. The van der Waals surface area contributed by atoms with Crippen LogP contribution in [0.2, 0.25) is 0 Å². The Morgan fingerprint density at radius 1 is 1.15 bits per heavy atom. The molecule has 27 heavy (non-hydrogen) atoms. The Hall–Kier alpha value is -3.16. The summed E-state index contributed by atoms with van der Waals surface area (Å²) in [5.74, 6) is -0.911. The number of fused-ring (bicyclic) bond motifs is 1. The smallest absolute Gasteiger partial charge is 0.247 e. The van der Waals surface area contributed by atoms with Crippen LogP contribution in [0.1, 0.15) is 18.4 Å². The van der Waals surface area contributed by atoms with Gasteiger partial charge in [0.2, 0.25) is 18.6 Å². The molecule has 0 saturated carbocycles. The lowest BCUT2D eigenvalue weighted by atomic mass is 10.1. The molecule has 0 aliphatic carbocycles. The molecule has 2 heterocycles. The van der Waals surface area contributed by atoms with Crippen LogP contribution in [0, 0.1) is 11.6 Å². The molecule has 2 aliphatic heterocycles. The van der Waals surface area contributed by atoms with Crippen LogP contribution in [0.25, 0.3) is 0 Å². The monoisotopic (exact) mass is 374 g/mol. The van der Waals surface area contributed by atoms with Crippen molar-refractivity contribution < 1.29 is 27.8 Å². The Bertz CT molecular complexity index is 919. The van der Waals surface area contributed by atoms with Crippen LogP contribution in [0.3, 0.4) is 0 Å². The van der Waals surface area contributed by atoms with E-state index >= 15 is 0 Å². The summed E-state index contributed by atoms with van der Waals surface area (Å²) in [6, 6.07) is 7.35. The SMILES string of the molecule is O=C(Nc1cc(F)ccc1F)C1CCC(=O)N1Cc1ccc2c(c1)OCO2. The van der Waals surface area contributed by atoms with Gasteiger partial charge in [-0.05, 0) is 36.2 Å². The van der Waals surface area contributed by atoms with Crippen molar-refractivity contribution in [1.29, 1.82) is 0 Å². The fourth-order valence-corrected chi connectivity index (χ4v) is 3.25. The average molecular weight is 374 g/mol. The van der Waals surface area contributed by atoms with Gasteiger partial charge in [0.05, 0.1) is 5.69 Å². The first-order valence-electron chi connectivity index (χ1n) is 8.45. The minimum Gasteiger partial charge on any atom is -0.454 e. The summed E-state index contributed by atoms with van der Waals surface area (Å²) in [5.41, 5.74) is 0.534. The van der Waals surface area contributed by atoms with Crippen LogP contribution in [0.15, 0.2) is 36.4 Å². The quantitative estimate of drug-likeness (QED) is 0.894. The average Bonchev–Trinajstić information content (AvgIpc) is 3.25. The molecular weight excluding hydrogens is 358 g/mol. The number of carbonyl (C=O) groups is 2. The van der Waals surface area contributed by atoms with Gasteiger partial charge in [-0.2, -0.15) is 0 Å². The van der Waals surface area contributed by atoms with Crippen molar-refractivity contribution in [1.82, 2.24) is 4.90 Å². The summed E-state index contributed by atoms with van der Waals surface area (Å²) in [5, 5.41) is 2.38. The van der Waals surface area contributed by atoms with E-state index in [2.05, 4.69) is 5.32 Å². The van der Waals surface area contributed by atoms with Crippen molar-refractivity contribution in [2.45, 2.75) is 25.4 Å². The largest absolute Gasteiger partial charge is 0.454 e. The maximum atomic E-state index is 13.8. The highest BCUT2D eigenvalue weighted by atomic mass is 19.1. The van der Waals surface area contributed by atoms with Crippen molar-refractivity contribution in [3.05, 3.63) is 53.6 Å². The number of anilines is 1. The third-order valence-electron chi connectivity index (χ3n) is 4.61. The third kappa shape index (κ3) is 3.42. The van der Waals surface area contributed by atoms with E-state index in [1.165, 1.54) is 4.90 Å². The first-order chi connectivity index (χ1) is 13.0. The van der Waals surface area contributed by atoms with Gasteiger partial charge in [-0.25, -0.2) is 8.78 Å². The molecule has 1 saturated heterocycles. The van der Waals surface area contributed by atoms with Gasteiger partial charge in [-0.3, -0.25) is 9.59 Å². The number of nitrogens with one attached hydrogen (secondary N) is 1. The number of amides is 2. The zero-order chi connectivity index (χ0) is 19.0. The Morgan fingerprint density at radius 2 is 1.96 bits per heavy atom. The molecule has 1 atom stereocenters. The van der Waals surface area contributed by atoms with E-state index in [0.717, 1.165) is 23.8 Å². The van der Waals surface area contributed by atoms with Crippen molar-refractivity contribution in [2.75, 3.05) is 12.1 Å². The number of nitrogens with zero attached hydrogens (tertiary/aromatic N) is 1. The molecule has 0 spiro atoms. The van der Waals surface area contributed by atoms with Gasteiger partial charge in [0, 0.05) is 19.0 Å². The lowest BCUT2D eigenvalue weighted by Crippen LogP contribution is -2.41. The minimum atomic E-state index is -0.759. The van der Waals surface area contributed by atoms with Crippen LogP contribution in [-0.4, -0.2) is 29.5 Å². The fourth-order valence-electron chi connectivity index (χ4n) is 3.25. The van der Waals surface area contributed by atoms with Crippen LogP contribution in [-0.2, 0) is 16.1 Å². The number of ether oxygens (including phenoxy) is 2. The van der Waals surface area contributed by atoms with Crippen LogP contribution >= 0.6 is 0 Å². The molecule has 140 valence electrons. The Kier molecular flexibility index (Phi) is 4.39. The normalized spacial score (nSPS) is 18.1. The van der Waals surface area contributed by atoms with Crippen molar-refractivity contribution in [3.8, 4) is 11.5 Å². The predicted octanol–water partition coefficient (Wildman–Crippen LogP) is 2.82. The lowest BCUT2D eigenvalue weighted by Gasteiger charge is -2.24. The number of halogens is 2. The number of hydrogen-bond donors (Lipinski definition) is 1. The minimum absolute atomic E-state index is 0.145. The molecule has 2 aromatic carbocycles. The summed E-state index contributed by atoms with van der Waals surface area (Å²) >= 11 is 0. The van der Waals surface area contributed by atoms with E-state index in [0.29, 0.717) is 17.9 Å². The van der Waals surface area contributed by atoms with E-state index in [1.807, 2.05) is 0 Å². The summed E-state index contributed by atoms with van der Waals surface area (Å²) in [4.78, 5) is 26.3. The topological polar surface area (TPSA) is 67.9 Å². The summed E-state index contributed by atoms with van der Waals surface area (Å²) in [6.45, 7) is 0.352. The first kappa shape index (κ1) is 17.3. The van der Waals surface area contributed by atoms with E-state index in [4.69, 9.17) is 9.47 Å². The van der Waals surface area contributed by atoms with Crippen LogP contribution in [0.5, 0.6) is 11.5 Å². The van der Waals surface area contributed by atoms with E-state index in [1.54, 1.807) is 18.2 Å². The summed E-state index contributed by atoms with van der Waals surface area (Å²) in [6.07, 6.45) is 0.528. The predicted molar refractivity (Wildman–Crippen MR) is 91.1 cm³/mol.